The Kier molecular flexibility index (Phi) is 13.1. The van der Waals surface area contributed by atoms with E-state index in [-0.39, 0.29) is 41.3 Å². The molecule has 2 aromatic rings. The van der Waals surface area contributed by atoms with E-state index >= 15 is 0 Å². The Hall–Kier alpha value is -0.609. The van der Waals surface area contributed by atoms with Crippen LogP contribution >= 0.6 is 0 Å². The van der Waals surface area contributed by atoms with Crippen molar-refractivity contribution in [2.24, 2.45) is 0 Å². The Morgan fingerprint density at radius 2 is 1.28 bits per heavy atom. The summed E-state index contributed by atoms with van der Waals surface area (Å²) in [6.45, 7) is 9.22. The summed E-state index contributed by atoms with van der Waals surface area (Å²) in [4.78, 5) is 0. The Balaban J connectivity index is 0.00000320. The van der Waals surface area contributed by atoms with Gasteiger partial charge < -0.3 is 24.8 Å². The Morgan fingerprint density at radius 1 is 0.812 bits per heavy atom. The summed E-state index contributed by atoms with van der Waals surface area (Å²) in [5, 5.41) is 5.07. The smallest absolute Gasteiger partial charge is 0.0149 e. The maximum atomic E-state index is 4.09. The molecule has 1 N–H and O–H groups in total. The van der Waals surface area contributed by atoms with Gasteiger partial charge in [0.05, 0.1) is 0 Å². The molecule has 0 saturated heterocycles. The fourth-order valence-corrected chi connectivity index (χ4v) is 10.3. The first-order valence-electron chi connectivity index (χ1n) is 11.1. The van der Waals surface area contributed by atoms with Gasteiger partial charge in [-0.1, -0.05) is 0 Å². The van der Waals surface area contributed by atoms with E-state index in [9.17, 15) is 0 Å². The first-order chi connectivity index (χ1) is 13.7. The Labute approximate surface area is 217 Å². The number of benzene rings is 2. The van der Waals surface area contributed by atoms with Crippen LogP contribution in [0.25, 0.3) is 11.1 Å². The van der Waals surface area contributed by atoms with E-state index < -0.39 is 16.8 Å². The van der Waals surface area contributed by atoms with Gasteiger partial charge in [0.25, 0.3) is 0 Å². The van der Waals surface area contributed by atoms with Gasteiger partial charge in [-0.15, -0.1) is 0 Å². The van der Waals surface area contributed by atoms with Crippen molar-refractivity contribution in [1.29, 1.82) is 0 Å². The first kappa shape index (κ1) is 31.4. The van der Waals surface area contributed by atoms with E-state index in [0.29, 0.717) is 0 Å². The molecule has 0 amide bonds. The van der Waals surface area contributed by atoms with Crippen molar-refractivity contribution < 1.29 is 41.7 Å². The second kappa shape index (κ2) is 13.3. The Bertz CT molecular complexity index is 900. The zero-order chi connectivity index (χ0) is 21.1. The van der Waals surface area contributed by atoms with Gasteiger partial charge in [-0.3, -0.25) is 0 Å². The number of hydrogen-bond acceptors (Lipinski definition) is 1. The molecule has 0 saturated carbocycles. The van der Waals surface area contributed by atoms with Crippen molar-refractivity contribution in [3.05, 3.63) is 81.2 Å². The quantitative estimate of drug-likeness (QED) is 0.521. The van der Waals surface area contributed by atoms with E-state index in [4.69, 9.17) is 0 Å². The van der Waals surface area contributed by atoms with Crippen LogP contribution in [0.4, 0.5) is 0 Å². The molecule has 0 bridgehead atoms. The van der Waals surface area contributed by atoms with E-state index in [1.165, 1.54) is 41.5 Å². The van der Waals surface area contributed by atoms with Crippen LogP contribution in [-0.2, 0) is 16.8 Å². The number of rotatable bonds is 7. The maximum Gasteiger partial charge on any atom is -0.0149 e. The summed E-state index contributed by atoms with van der Waals surface area (Å²) in [5.74, 6) is 0. The Morgan fingerprint density at radius 3 is 1.72 bits per heavy atom. The van der Waals surface area contributed by atoms with Crippen molar-refractivity contribution in [2.75, 3.05) is 0 Å². The molecule has 0 aliphatic heterocycles. The van der Waals surface area contributed by atoms with Crippen molar-refractivity contribution in [1.82, 2.24) is 3.80 Å². The summed E-state index contributed by atoms with van der Waals surface area (Å²) in [6, 6.07) is 22.2. The zero-order valence-electron chi connectivity index (χ0n) is 19.9. The molecule has 0 heterocycles. The summed E-state index contributed by atoms with van der Waals surface area (Å²) in [7, 11) is 0. The first-order valence-corrected chi connectivity index (χ1v) is 15.8. The van der Waals surface area contributed by atoms with Crippen LogP contribution in [0.3, 0.4) is 0 Å². The van der Waals surface area contributed by atoms with Crippen LogP contribution in [0, 0.1) is 0 Å². The average Bonchev–Trinajstić information content (AvgIpc) is 3.06. The van der Waals surface area contributed by atoms with Gasteiger partial charge in [0.2, 0.25) is 0 Å². The van der Waals surface area contributed by atoms with Gasteiger partial charge in [-0.25, -0.2) is 0 Å². The minimum Gasteiger partial charge on any atom is -1.00 e. The van der Waals surface area contributed by atoms with Crippen LogP contribution < -0.4 is 28.6 Å². The van der Waals surface area contributed by atoms with Gasteiger partial charge in [0.15, 0.2) is 0 Å². The van der Waals surface area contributed by atoms with Crippen molar-refractivity contribution in [3.8, 4) is 0 Å². The van der Waals surface area contributed by atoms with Gasteiger partial charge in [0.1, 0.15) is 0 Å². The second-order valence-corrected chi connectivity index (χ2v) is 16.3. The molecule has 1 nitrogen and oxygen atoms in total. The molecule has 0 fully saturated rings. The van der Waals surface area contributed by atoms with Gasteiger partial charge >= 0.3 is 182 Å². The molecule has 0 unspecified atom stereocenters. The van der Waals surface area contributed by atoms with E-state index in [1.54, 1.807) is 9.45 Å². The summed E-state index contributed by atoms with van der Waals surface area (Å²) in [6.07, 6.45) is 4.85. The topological polar surface area (TPSA) is 12.0 Å². The number of allylic oxidation sites excluding steroid dienone is 4. The summed E-state index contributed by atoms with van der Waals surface area (Å²) in [5.41, 5.74) is 7.56. The minimum absolute atomic E-state index is 0. The van der Waals surface area contributed by atoms with Crippen LogP contribution in [0.1, 0.15) is 64.5 Å². The molecule has 0 atom stereocenters. The second-order valence-electron chi connectivity index (χ2n) is 9.84. The third-order valence-electron chi connectivity index (χ3n) is 5.69. The third-order valence-corrected chi connectivity index (χ3v) is 10.9. The normalized spacial score (nSPS) is 13.4. The molecule has 1 aliphatic carbocycles. The van der Waals surface area contributed by atoms with Crippen LogP contribution in [0.15, 0.2) is 70.1 Å². The average molecular weight is 526 g/mol. The monoisotopic (exact) mass is 525 g/mol. The molecule has 0 spiro atoms. The fraction of sp³-hybridized carbons (Fsp3) is 0.407. The van der Waals surface area contributed by atoms with Crippen LogP contribution in [0.2, 0.25) is 10.5 Å². The van der Waals surface area contributed by atoms with Crippen molar-refractivity contribution >= 4 is 22.1 Å². The molecule has 0 aromatic heterocycles. The molecular formula is C27H41Cl2NSiTi. The molecule has 2 aromatic carbocycles. The van der Waals surface area contributed by atoms with Gasteiger partial charge in [0, 0.05) is 0 Å². The van der Waals surface area contributed by atoms with Crippen molar-refractivity contribution in [2.45, 2.75) is 69.4 Å². The number of halogens is 2. The molecule has 5 heteroatoms. The molecule has 32 heavy (non-hydrogen) atoms. The van der Waals surface area contributed by atoms with E-state index in [2.05, 4.69) is 103 Å². The molecule has 176 valence electrons. The minimum atomic E-state index is -2.43. The summed E-state index contributed by atoms with van der Waals surface area (Å²) >= 11 is -2.43. The van der Waals surface area contributed by atoms with Gasteiger partial charge in [-0.05, 0) is 11.0 Å². The largest absolute Gasteiger partial charge is 1.00 e. The number of unbranched alkanes of at least 4 members (excludes halogenated alkanes) is 1. The molecule has 3 rings (SSSR count). The predicted molar refractivity (Wildman–Crippen MR) is 137 cm³/mol. The van der Waals surface area contributed by atoms with E-state index in [0.717, 1.165) is 6.42 Å². The van der Waals surface area contributed by atoms with Gasteiger partial charge in [-0.2, -0.15) is 0 Å². The number of hydrogen-bond donors (Lipinski definition) is 1. The van der Waals surface area contributed by atoms with E-state index in [1.807, 2.05) is 0 Å². The maximum absolute atomic E-state index is 4.09. The fourth-order valence-electron chi connectivity index (χ4n) is 4.74. The third kappa shape index (κ3) is 7.72. The standard InChI is InChI=1S/C21H21.C4H10N.2CH3.2ClH.H4Si.Ti/c1-2-3-10-19-15-16-20(17-11-6-4-7-12-17)21(19)18-13-8-5-9-14-18;1-4(2,3)5;;;;;;/h4-9,11-14H,2-3,10,15H2,1H3;5H,1-3H3;2*1H3;2*1H;1H4;/q;-1;;;;;;+3/p-2. The summed E-state index contributed by atoms with van der Waals surface area (Å²) < 4.78 is 5.79. The molecular weight excluding hydrogens is 485 g/mol. The molecule has 0 radical (unpaired) electrons. The van der Waals surface area contributed by atoms with Crippen molar-refractivity contribution in [3.63, 3.8) is 0 Å². The number of nitrogens with one attached hydrogen (secondary N) is 1. The van der Waals surface area contributed by atoms with Crippen LogP contribution in [0.5, 0.6) is 0 Å². The zero-order valence-corrected chi connectivity index (χ0v) is 22.9. The SMILES string of the molecule is CCCCC1=C(c2ccccc2)C(c2ccccc2)=[C]([Ti+2]([CH3])([CH3])[NH]C(C)(C)C)C1.[Cl-].[Cl-].[SiH4]. The predicted octanol–water partition coefficient (Wildman–Crippen LogP) is 0.555. The van der Waals surface area contributed by atoms with Crippen LogP contribution in [-0.4, -0.2) is 16.5 Å². The molecule has 1 aliphatic rings.